The molecule has 27 heavy (non-hydrogen) atoms. The predicted molar refractivity (Wildman–Crippen MR) is 102 cm³/mol. The quantitative estimate of drug-likeness (QED) is 0.516. The largest absolute Gasteiger partial charge is 0.452 e. The van der Waals surface area contributed by atoms with Crippen LogP contribution in [0.15, 0.2) is 66.1 Å². The highest BCUT2D eigenvalue weighted by Crippen LogP contribution is 2.15. The first-order valence-electron chi connectivity index (χ1n) is 7.75. The number of esters is 1. The summed E-state index contributed by atoms with van der Waals surface area (Å²) in [4.78, 5) is 23.9. The Labute approximate surface area is 162 Å². The van der Waals surface area contributed by atoms with Crippen molar-refractivity contribution in [3.63, 3.8) is 0 Å². The molecule has 0 radical (unpaired) electrons. The maximum Gasteiger partial charge on any atom is 0.338 e. The van der Waals surface area contributed by atoms with Crippen molar-refractivity contribution in [1.29, 1.82) is 0 Å². The molecule has 0 aromatic heterocycles. The van der Waals surface area contributed by atoms with Crippen LogP contribution in [0.4, 0.5) is 5.69 Å². The average Bonchev–Trinajstić information content (AvgIpc) is 2.64. The number of halogens is 1. The number of hydrogen-bond donors (Lipinski definition) is 2. The minimum atomic E-state index is -3.78. The van der Waals surface area contributed by atoms with Crippen LogP contribution in [0.2, 0.25) is 5.02 Å². The number of anilines is 1. The lowest BCUT2D eigenvalue weighted by atomic mass is 10.2. The summed E-state index contributed by atoms with van der Waals surface area (Å²) in [5.74, 6) is -1.38. The zero-order valence-corrected chi connectivity index (χ0v) is 15.7. The van der Waals surface area contributed by atoms with E-state index >= 15 is 0 Å². The van der Waals surface area contributed by atoms with Crippen LogP contribution in [0.25, 0.3) is 0 Å². The van der Waals surface area contributed by atoms with Crippen molar-refractivity contribution in [1.82, 2.24) is 4.72 Å². The highest BCUT2D eigenvalue weighted by Gasteiger charge is 2.17. The normalized spacial score (nSPS) is 10.9. The molecule has 0 saturated carbocycles. The summed E-state index contributed by atoms with van der Waals surface area (Å²) in [6.45, 7) is 2.96. The van der Waals surface area contributed by atoms with E-state index < -0.39 is 28.5 Å². The van der Waals surface area contributed by atoms with Gasteiger partial charge in [0.2, 0.25) is 10.0 Å². The number of nitrogens with one attached hydrogen (secondary N) is 2. The fourth-order valence-electron chi connectivity index (χ4n) is 2.02. The Morgan fingerprint density at radius 1 is 1.15 bits per heavy atom. The Hall–Kier alpha value is -2.68. The van der Waals surface area contributed by atoms with Gasteiger partial charge in [-0.1, -0.05) is 29.8 Å². The molecule has 0 aliphatic heterocycles. The fraction of sp³-hybridized carbons (Fsp3) is 0.111. The van der Waals surface area contributed by atoms with Crippen molar-refractivity contribution in [2.45, 2.75) is 4.90 Å². The lowest BCUT2D eigenvalue weighted by Crippen LogP contribution is -2.24. The number of carbonyl (C=O) groups excluding carboxylic acids is 2. The topological polar surface area (TPSA) is 102 Å². The fourth-order valence-corrected chi connectivity index (χ4v) is 3.25. The van der Waals surface area contributed by atoms with Gasteiger partial charge in [0, 0.05) is 17.3 Å². The van der Waals surface area contributed by atoms with E-state index in [1.54, 1.807) is 24.3 Å². The van der Waals surface area contributed by atoms with Crippen molar-refractivity contribution >= 4 is 39.2 Å². The minimum Gasteiger partial charge on any atom is -0.452 e. The third kappa shape index (κ3) is 6.21. The second-order valence-corrected chi connectivity index (χ2v) is 7.51. The van der Waals surface area contributed by atoms with Gasteiger partial charge in [0.1, 0.15) is 0 Å². The third-order valence-corrected chi connectivity index (χ3v) is 4.90. The van der Waals surface area contributed by atoms with Crippen molar-refractivity contribution < 1.29 is 22.7 Å². The molecule has 2 aromatic rings. The standard InChI is InChI=1S/C18H17ClN2O5S/c1-2-9-20-27(24,25)16-8-3-5-13(10-16)18(23)26-12-17(22)21-15-7-4-6-14(19)11-15/h2-8,10-11,20H,1,9,12H2,(H,21,22). The number of ether oxygens (including phenoxy) is 1. The van der Waals surface area contributed by atoms with Gasteiger partial charge in [-0.15, -0.1) is 6.58 Å². The predicted octanol–water partition coefficient (Wildman–Crippen LogP) is 2.60. The molecule has 1 amide bonds. The molecule has 0 aliphatic rings. The van der Waals surface area contributed by atoms with Gasteiger partial charge >= 0.3 is 5.97 Å². The number of benzene rings is 2. The van der Waals surface area contributed by atoms with Gasteiger partial charge in [0.15, 0.2) is 6.61 Å². The van der Waals surface area contributed by atoms with Crippen molar-refractivity contribution in [3.8, 4) is 0 Å². The second kappa shape index (κ2) is 9.31. The molecule has 0 unspecified atom stereocenters. The van der Waals surface area contributed by atoms with Crippen LogP contribution >= 0.6 is 11.6 Å². The second-order valence-electron chi connectivity index (χ2n) is 5.30. The highest BCUT2D eigenvalue weighted by atomic mass is 35.5. The molecule has 0 bridgehead atoms. The van der Waals surface area contributed by atoms with Gasteiger partial charge in [-0.2, -0.15) is 0 Å². The molecule has 2 rings (SSSR count). The Bertz CT molecular complexity index is 960. The van der Waals surface area contributed by atoms with E-state index in [1.165, 1.54) is 30.3 Å². The van der Waals surface area contributed by atoms with Gasteiger partial charge < -0.3 is 10.1 Å². The molecule has 0 atom stereocenters. The number of carbonyl (C=O) groups is 2. The van der Waals surface area contributed by atoms with E-state index in [2.05, 4.69) is 16.6 Å². The molecule has 7 nitrogen and oxygen atoms in total. The molecule has 0 aliphatic carbocycles. The molecule has 142 valence electrons. The summed E-state index contributed by atoms with van der Waals surface area (Å²) in [6.07, 6.45) is 1.40. The molecule has 0 spiro atoms. The SMILES string of the molecule is C=CCNS(=O)(=O)c1cccc(C(=O)OCC(=O)Nc2cccc(Cl)c2)c1. The maximum absolute atomic E-state index is 12.1. The molecule has 0 saturated heterocycles. The van der Waals surface area contributed by atoms with Crippen molar-refractivity contribution in [2.75, 3.05) is 18.5 Å². The van der Waals surface area contributed by atoms with Gasteiger partial charge in [-0.25, -0.2) is 17.9 Å². The van der Waals surface area contributed by atoms with E-state index in [4.69, 9.17) is 16.3 Å². The summed E-state index contributed by atoms with van der Waals surface area (Å²) in [7, 11) is -3.78. The zero-order chi connectivity index (χ0) is 19.9. The van der Waals surface area contributed by atoms with E-state index in [1.807, 2.05) is 0 Å². The molecule has 2 N–H and O–H groups in total. The van der Waals surface area contributed by atoms with Crippen LogP contribution in [0.1, 0.15) is 10.4 Å². The van der Waals surface area contributed by atoms with Gasteiger partial charge in [-0.05, 0) is 36.4 Å². The zero-order valence-electron chi connectivity index (χ0n) is 14.1. The van der Waals surface area contributed by atoms with Crippen LogP contribution in [-0.4, -0.2) is 33.4 Å². The molecule has 9 heteroatoms. The maximum atomic E-state index is 12.1. The Morgan fingerprint density at radius 2 is 1.89 bits per heavy atom. The summed E-state index contributed by atoms with van der Waals surface area (Å²) >= 11 is 5.82. The monoisotopic (exact) mass is 408 g/mol. The smallest absolute Gasteiger partial charge is 0.338 e. The summed E-state index contributed by atoms with van der Waals surface area (Å²) < 4.78 is 31.4. The van der Waals surface area contributed by atoms with Crippen LogP contribution in [0.3, 0.4) is 0 Å². The van der Waals surface area contributed by atoms with E-state index in [9.17, 15) is 18.0 Å². The Morgan fingerprint density at radius 3 is 2.59 bits per heavy atom. The molecule has 2 aromatic carbocycles. The minimum absolute atomic E-state index is 0.00651. The lowest BCUT2D eigenvalue weighted by Gasteiger charge is -2.08. The van der Waals surface area contributed by atoms with Crippen LogP contribution < -0.4 is 10.0 Å². The first kappa shape index (κ1) is 20.6. The summed E-state index contributed by atoms with van der Waals surface area (Å²) in [5, 5.41) is 2.98. The lowest BCUT2D eigenvalue weighted by molar-refractivity contribution is -0.119. The van der Waals surface area contributed by atoms with Crippen molar-refractivity contribution in [2.24, 2.45) is 0 Å². The van der Waals surface area contributed by atoms with E-state index in [-0.39, 0.29) is 17.0 Å². The number of sulfonamides is 1. The van der Waals surface area contributed by atoms with Gasteiger partial charge in [0.25, 0.3) is 5.91 Å². The van der Waals surface area contributed by atoms with Crippen LogP contribution in [0.5, 0.6) is 0 Å². The van der Waals surface area contributed by atoms with Crippen LogP contribution in [-0.2, 0) is 19.6 Å². The Kier molecular flexibility index (Phi) is 7.12. The number of amides is 1. The van der Waals surface area contributed by atoms with Crippen molar-refractivity contribution in [3.05, 3.63) is 71.8 Å². The molecule has 0 fully saturated rings. The summed E-state index contributed by atoms with van der Waals surface area (Å²) in [5.41, 5.74) is 0.469. The summed E-state index contributed by atoms with van der Waals surface area (Å²) in [6, 6.07) is 11.8. The first-order chi connectivity index (χ1) is 12.8. The number of rotatable bonds is 8. The van der Waals surface area contributed by atoms with Crippen LogP contribution in [0, 0.1) is 0 Å². The first-order valence-corrected chi connectivity index (χ1v) is 9.61. The van der Waals surface area contributed by atoms with Gasteiger partial charge in [-0.3, -0.25) is 4.79 Å². The molecule has 0 heterocycles. The number of hydrogen-bond acceptors (Lipinski definition) is 5. The van der Waals surface area contributed by atoms with Gasteiger partial charge in [0.05, 0.1) is 10.5 Å². The third-order valence-electron chi connectivity index (χ3n) is 3.24. The average molecular weight is 409 g/mol. The Balaban J connectivity index is 1.98. The van der Waals surface area contributed by atoms with E-state index in [0.29, 0.717) is 10.7 Å². The molecular weight excluding hydrogens is 392 g/mol. The highest BCUT2D eigenvalue weighted by molar-refractivity contribution is 7.89. The molecular formula is C18H17ClN2O5S. The van der Waals surface area contributed by atoms with E-state index in [0.717, 1.165) is 0 Å².